The molecule has 172 valence electrons. The third kappa shape index (κ3) is 4.13. The Kier molecular flexibility index (Phi) is 5.77. The van der Waals surface area contributed by atoms with Crippen molar-refractivity contribution >= 4 is 23.4 Å². The van der Waals surface area contributed by atoms with Crippen LogP contribution in [0.15, 0.2) is 60.9 Å². The van der Waals surface area contributed by atoms with Crippen molar-refractivity contribution in [2.75, 3.05) is 5.32 Å². The molecular weight excluding hydrogens is 452 g/mol. The Morgan fingerprint density at radius 1 is 1.12 bits per heavy atom. The SMILES string of the molecule is Cc1ncc(-c2nn(-c3ccccc3)c(NC(=O)NC3c4cc(Cl)ccc4CC3O)c2C)cn1. The van der Waals surface area contributed by atoms with E-state index in [4.69, 9.17) is 16.7 Å². The molecular formula is C25H23ClN6O2. The van der Waals surface area contributed by atoms with Gasteiger partial charge in [0.2, 0.25) is 0 Å². The van der Waals surface area contributed by atoms with Crippen LogP contribution in [0.5, 0.6) is 0 Å². The molecule has 1 aliphatic rings. The maximum absolute atomic E-state index is 13.1. The van der Waals surface area contributed by atoms with Crippen molar-refractivity contribution in [3.63, 3.8) is 0 Å². The molecule has 0 saturated carbocycles. The van der Waals surface area contributed by atoms with E-state index in [1.807, 2.05) is 50.2 Å². The molecule has 4 aromatic rings. The predicted molar refractivity (Wildman–Crippen MR) is 130 cm³/mol. The predicted octanol–water partition coefficient (Wildman–Crippen LogP) is 4.38. The molecule has 2 unspecified atom stereocenters. The maximum atomic E-state index is 13.1. The first-order valence-corrected chi connectivity index (χ1v) is 11.3. The zero-order valence-corrected chi connectivity index (χ0v) is 19.4. The molecule has 2 atom stereocenters. The molecule has 0 fully saturated rings. The van der Waals surface area contributed by atoms with Gasteiger partial charge in [-0.25, -0.2) is 19.4 Å². The molecule has 5 rings (SSSR count). The van der Waals surface area contributed by atoms with Crippen molar-refractivity contribution in [2.24, 2.45) is 0 Å². The Hall–Kier alpha value is -3.75. The van der Waals surface area contributed by atoms with Gasteiger partial charge < -0.3 is 10.4 Å². The number of halogens is 1. The van der Waals surface area contributed by atoms with Gasteiger partial charge in [-0.2, -0.15) is 5.10 Å². The van der Waals surface area contributed by atoms with Gasteiger partial charge in [0.1, 0.15) is 17.3 Å². The molecule has 2 amide bonds. The van der Waals surface area contributed by atoms with E-state index in [0.29, 0.717) is 28.8 Å². The van der Waals surface area contributed by atoms with Gasteiger partial charge in [0.25, 0.3) is 0 Å². The number of carbonyl (C=O) groups excluding carboxylic acids is 1. The first kappa shape index (κ1) is 22.1. The van der Waals surface area contributed by atoms with Gasteiger partial charge in [0, 0.05) is 35.0 Å². The number of anilines is 1. The number of fused-ring (bicyclic) bond motifs is 1. The standard InChI is InChI=1S/C25H23ClN6O2/c1-14-22(17-12-27-15(2)28-13-17)31-32(19-6-4-3-5-7-19)24(14)30-25(34)29-23-20-11-18(26)9-8-16(20)10-21(23)33/h3-9,11-13,21,23,33H,10H2,1-2H3,(H2,29,30,34). The number of urea groups is 1. The zero-order chi connectivity index (χ0) is 23.8. The lowest BCUT2D eigenvalue weighted by Crippen LogP contribution is -2.37. The van der Waals surface area contributed by atoms with Crippen molar-refractivity contribution < 1.29 is 9.90 Å². The van der Waals surface area contributed by atoms with Gasteiger partial charge in [-0.3, -0.25) is 5.32 Å². The highest BCUT2D eigenvalue weighted by atomic mass is 35.5. The third-order valence-corrected chi connectivity index (χ3v) is 6.19. The number of aromatic nitrogens is 4. The van der Waals surface area contributed by atoms with Crippen LogP contribution in [0.2, 0.25) is 5.02 Å². The van der Waals surface area contributed by atoms with E-state index < -0.39 is 18.2 Å². The average molecular weight is 475 g/mol. The average Bonchev–Trinajstić information content (AvgIpc) is 3.31. The lowest BCUT2D eigenvalue weighted by molar-refractivity contribution is 0.144. The number of nitrogens with zero attached hydrogens (tertiary/aromatic N) is 4. The van der Waals surface area contributed by atoms with Crippen LogP contribution < -0.4 is 10.6 Å². The minimum absolute atomic E-state index is 0.454. The van der Waals surface area contributed by atoms with E-state index in [1.54, 1.807) is 29.2 Å². The molecule has 0 saturated heterocycles. The number of para-hydroxylation sites is 1. The van der Waals surface area contributed by atoms with Crippen LogP contribution in [-0.2, 0) is 6.42 Å². The molecule has 2 aromatic carbocycles. The quantitative estimate of drug-likeness (QED) is 0.407. The lowest BCUT2D eigenvalue weighted by atomic mass is 10.1. The van der Waals surface area contributed by atoms with Crippen molar-refractivity contribution in [3.05, 3.63) is 88.5 Å². The molecule has 3 N–H and O–H groups in total. The van der Waals surface area contributed by atoms with Crippen LogP contribution >= 0.6 is 11.6 Å². The summed E-state index contributed by atoms with van der Waals surface area (Å²) in [7, 11) is 0. The fraction of sp³-hybridized carbons (Fsp3) is 0.200. The van der Waals surface area contributed by atoms with Crippen LogP contribution in [0.1, 0.15) is 28.6 Å². The number of aliphatic hydroxyl groups excluding tert-OH is 1. The Bertz CT molecular complexity index is 1350. The molecule has 8 nitrogen and oxygen atoms in total. The Morgan fingerprint density at radius 3 is 2.59 bits per heavy atom. The molecule has 9 heteroatoms. The van der Waals surface area contributed by atoms with Gasteiger partial charge in [-0.1, -0.05) is 35.9 Å². The number of nitrogens with one attached hydrogen (secondary N) is 2. The Balaban J connectivity index is 1.48. The largest absolute Gasteiger partial charge is 0.390 e. The highest BCUT2D eigenvalue weighted by molar-refractivity contribution is 6.30. The first-order chi connectivity index (χ1) is 16.4. The number of benzene rings is 2. The Morgan fingerprint density at radius 2 is 1.85 bits per heavy atom. The number of aryl methyl sites for hydroxylation is 1. The summed E-state index contributed by atoms with van der Waals surface area (Å²) in [5.41, 5.74) is 4.75. The number of rotatable bonds is 4. The summed E-state index contributed by atoms with van der Waals surface area (Å²) < 4.78 is 1.68. The summed E-state index contributed by atoms with van der Waals surface area (Å²) in [6.07, 6.45) is 3.15. The monoisotopic (exact) mass is 474 g/mol. The first-order valence-electron chi connectivity index (χ1n) is 10.9. The van der Waals surface area contributed by atoms with E-state index >= 15 is 0 Å². The zero-order valence-electron chi connectivity index (χ0n) is 18.7. The van der Waals surface area contributed by atoms with Crippen molar-refractivity contribution in [1.29, 1.82) is 0 Å². The molecule has 2 aromatic heterocycles. The van der Waals surface area contributed by atoms with Crippen LogP contribution in [0.4, 0.5) is 10.6 Å². The molecule has 2 heterocycles. The highest BCUT2D eigenvalue weighted by Gasteiger charge is 2.33. The number of carbonyl (C=O) groups is 1. The highest BCUT2D eigenvalue weighted by Crippen LogP contribution is 2.34. The van der Waals surface area contributed by atoms with Gasteiger partial charge in [-0.05, 0) is 49.2 Å². The molecule has 34 heavy (non-hydrogen) atoms. The number of hydrogen-bond donors (Lipinski definition) is 3. The van der Waals surface area contributed by atoms with Gasteiger partial charge >= 0.3 is 6.03 Å². The van der Waals surface area contributed by atoms with E-state index in [9.17, 15) is 9.90 Å². The summed E-state index contributed by atoms with van der Waals surface area (Å²) in [6.45, 7) is 3.70. The summed E-state index contributed by atoms with van der Waals surface area (Å²) >= 11 is 6.15. The number of amides is 2. The minimum atomic E-state index is -0.736. The molecule has 0 spiro atoms. The van der Waals surface area contributed by atoms with E-state index in [-0.39, 0.29) is 0 Å². The number of hydrogen-bond acceptors (Lipinski definition) is 5. The van der Waals surface area contributed by atoms with Gasteiger partial charge in [0.05, 0.1) is 17.8 Å². The summed E-state index contributed by atoms with van der Waals surface area (Å²) in [5.74, 6) is 1.18. The van der Waals surface area contributed by atoms with E-state index in [1.165, 1.54) is 0 Å². The maximum Gasteiger partial charge on any atom is 0.320 e. The minimum Gasteiger partial charge on any atom is -0.390 e. The fourth-order valence-electron chi connectivity index (χ4n) is 4.24. The smallest absolute Gasteiger partial charge is 0.320 e. The van der Waals surface area contributed by atoms with Crippen LogP contribution in [0.25, 0.3) is 16.9 Å². The van der Waals surface area contributed by atoms with Crippen molar-refractivity contribution in [1.82, 2.24) is 25.1 Å². The second-order valence-corrected chi connectivity index (χ2v) is 8.72. The number of aliphatic hydroxyl groups is 1. The van der Waals surface area contributed by atoms with Crippen LogP contribution in [0, 0.1) is 13.8 Å². The summed E-state index contributed by atoms with van der Waals surface area (Å²) in [4.78, 5) is 21.7. The van der Waals surface area contributed by atoms with Crippen molar-refractivity contribution in [3.8, 4) is 16.9 Å². The lowest BCUT2D eigenvalue weighted by Gasteiger charge is -2.19. The van der Waals surface area contributed by atoms with Crippen LogP contribution in [-0.4, -0.2) is 37.0 Å². The normalized spacial score (nSPS) is 16.8. The topological polar surface area (TPSA) is 105 Å². The third-order valence-electron chi connectivity index (χ3n) is 5.95. The van der Waals surface area contributed by atoms with Gasteiger partial charge in [0.15, 0.2) is 0 Å². The van der Waals surface area contributed by atoms with E-state index in [0.717, 1.165) is 27.9 Å². The Labute approximate surface area is 201 Å². The second kappa shape index (κ2) is 8.89. The van der Waals surface area contributed by atoms with Crippen LogP contribution in [0.3, 0.4) is 0 Å². The summed E-state index contributed by atoms with van der Waals surface area (Å²) in [5, 5.41) is 21.7. The second-order valence-electron chi connectivity index (χ2n) is 8.28. The molecule has 0 aliphatic heterocycles. The summed E-state index contributed by atoms with van der Waals surface area (Å²) in [6, 6.07) is 14.0. The van der Waals surface area contributed by atoms with Gasteiger partial charge in [-0.15, -0.1) is 0 Å². The molecule has 0 bridgehead atoms. The van der Waals surface area contributed by atoms with Crippen molar-refractivity contribution in [2.45, 2.75) is 32.4 Å². The fourth-order valence-corrected chi connectivity index (χ4v) is 4.42. The van der Waals surface area contributed by atoms with E-state index in [2.05, 4.69) is 20.6 Å². The molecule has 0 radical (unpaired) electrons. The molecule has 1 aliphatic carbocycles.